The summed E-state index contributed by atoms with van der Waals surface area (Å²) in [7, 11) is 0. The molecule has 0 bridgehead atoms. The molecule has 0 amide bonds. The van der Waals surface area contributed by atoms with E-state index in [0.717, 1.165) is 18.7 Å². The number of esters is 1. The Hall–Kier alpha value is -1.66. The minimum Gasteiger partial charge on any atom is -0.456 e. The maximum Gasteiger partial charge on any atom is 0.349 e. The van der Waals surface area contributed by atoms with Gasteiger partial charge in [0.2, 0.25) is 0 Å². The lowest BCUT2D eigenvalue weighted by molar-refractivity contribution is 0.0551. The van der Waals surface area contributed by atoms with Crippen molar-refractivity contribution in [1.29, 1.82) is 0 Å². The molecule has 1 aliphatic heterocycles. The highest BCUT2D eigenvalue weighted by Gasteiger charge is 2.23. The van der Waals surface area contributed by atoms with Gasteiger partial charge in [0.05, 0.1) is 5.39 Å². The number of hydrogen-bond donors (Lipinski definition) is 0. The van der Waals surface area contributed by atoms with Crippen LogP contribution < -0.4 is 5.56 Å². The maximum absolute atomic E-state index is 12.5. The number of ether oxygens (including phenoxy) is 1. The van der Waals surface area contributed by atoms with E-state index < -0.39 is 5.97 Å². The second kappa shape index (κ2) is 5.27. The summed E-state index contributed by atoms with van der Waals surface area (Å²) in [4.78, 5) is 30.0. The summed E-state index contributed by atoms with van der Waals surface area (Å²) in [6.07, 6.45) is 1.74. The molecule has 0 N–H and O–H groups in total. The molecule has 0 aromatic carbocycles. The van der Waals surface area contributed by atoms with Gasteiger partial charge in [0.15, 0.2) is 0 Å². The fraction of sp³-hybridized carbons (Fsp3) is 0.357. The first-order valence-electron chi connectivity index (χ1n) is 6.52. The molecule has 0 unspecified atom stereocenters. The van der Waals surface area contributed by atoms with E-state index >= 15 is 0 Å². The smallest absolute Gasteiger partial charge is 0.349 e. The van der Waals surface area contributed by atoms with Crippen LogP contribution in [0.2, 0.25) is 0 Å². The average Bonchev–Trinajstić information content (AvgIpc) is 3.01. The van der Waals surface area contributed by atoms with Crippen LogP contribution in [0.1, 0.15) is 27.5 Å². The van der Waals surface area contributed by atoms with Gasteiger partial charge in [0, 0.05) is 18.0 Å². The molecule has 3 rings (SSSR count). The summed E-state index contributed by atoms with van der Waals surface area (Å²) in [5.41, 5.74) is 0.557. The highest BCUT2D eigenvalue weighted by molar-refractivity contribution is 7.20. The number of fused-ring (bicyclic) bond motifs is 2. The molecule has 21 heavy (non-hydrogen) atoms. The van der Waals surface area contributed by atoms with E-state index in [2.05, 4.69) is 11.6 Å². The van der Waals surface area contributed by atoms with Crippen molar-refractivity contribution in [1.82, 2.24) is 9.55 Å². The van der Waals surface area contributed by atoms with E-state index in [0.29, 0.717) is 27.2 Å². The van der Waals surface area contributed by atoms with Crippen molar-refractivity contribution < 1.29 is 9.53 Å². The van der Waals surface area contributed by atoms with Gasteiger partial charge in [-0.05, 0) is 18.9 Å². The Kier molecular flexibility index (Phi) is 3.59. The topological polar surface area (TPSA) is 61.2 Å². The molecule has 3 heterocycles. The number of hydrogen-bond acceptors (Lipinski definition) is 5. The van der Waals surface area contributed by atoms with Crippen LogP contribution in [0.25, 0.3) is 10.2 Å². The van der Waals surface area contributed by atoms with E-state index in [1.807, 2.05) is 0 Å². The summed E-state index contributed by atoms with van der Waals surface area (Å²) in [6.45, 7) is 5.86. The van der Waals surface area contributed by atoms with Gasteiger partial charge in [0.25, 0.3) is 5.56 Å². The summed E-state index contributed by atoms with van der Waals surface area (Å²) in [6, 6.07) is 0. The van der Waals surface area contributed by atoms with Crippen molar-refractivity contribution in [2.75, 3.05) is 6.61 Å². The maximum atomic E-state index is 12.5. The highest BCUT2D eigenvalue weighted by atomic mass is 35.5. The van der Waals surface area contributed by atoms with Crippen LogP contribution in [0.3, 0.4) is 0 Å². The van der Waals surface area contributed by atoms with Crippen molar-refractivity contribution in [3.63, 3.8) is 0 Å². The van der Waals surface area contributed by atoms with Gasteiger partial charge in [-0.25, -0.2) is 9.78 Å². The van der Waals surface area contributed by atoms with Crippen molar-refractivity contribution >= 4 is 39.1 Å². The molecule has 0 fully saturated rings. The summed E-state index contributed by atoms with van der Waals surface area (Å²) >= 11 is 6.78. The molecule has 110 valence electrons. The van der Waals surface area contributed by atoms with E-state index in [9.17, 15) is 9.59 Å². The molecule has 0 spiro atoms. The van der Waals surface area contributed by atoms with Crippen LogP contribution in [0.15, 0.2) is 16.4 Å². The zero-order chi connectivity index (χ0) is 15.1. The quantitative estimate of drug-likeness (QED) is 0.814. The normalized spacial score (nSPS) is 13.4. The van der Waals surface area contributed by atoms with Gasteiger partial charge in [-0.3, -0.25) is 9.36 Å². The first-order chi connectivity index (χ1) is 9.99. The Morgan fingerprint density at radius 2 is 2.33 bits per heavy atom. The second-order valence-electron chi connectivity index (χ2n) is 4.92. The zero-order valence-corrected chi connectivity index (χ0v) is 13.0. The molecule has 7 heteroatoms. The standard InChI is InChI=1S/C14H13ClN2O3S/c1-7(15)6-20-14(19)11-8(2)10-12(21-11)16-9-4-3-5-17(9)13(10)18/h1,3-6H2,2H3. The molecule has 0 radical (unpaired) electrons. The molecule has 2 aromatic rings. The SMILES string of the molecule is C=C(Cl)COC(=O)c1sc2nc3n(c(=O)c2c1C)CCC3. The number of aromatic nitrogens is 2. The number of nitrogens with zero attached hydrogens (tertiary/aromatic N) is 2. The van der Waals surface area contributed by atoms with Crippen LogP contribution in [0.5, 0.6) is 0 Å². The average molecular weight is 325 g/mol. The van der Waals surface area contributed by atoms with Crippen LogP contribution in [-0.2, 0) is 17.7 Å². The van der Waals surface area contributed by atoms with Crippen molar-refractivity contribution in [2.45, 2.75) is 26.3 Å². The monoisotopic (exact) mass is 324 g/mol. The van der Waals surface area contributed by atoms with E-state index in [1.54, 1.807) is 11.5 Å². The van der Waals surface area contributed by atoms with E-state index in [-0.39, 0.29) is 17.2 Å². The number of thiophene rings is 1. The molecule has 0 aliphatic carbocycles. The number of rotatable bonds is 3. The zero-order valence-electron chi connectivity index (χ0n) is 11.4. The summed E-state index contributed by atoms with van der Waals surface area (Å²) < 4.78 is 6.74. The summed E-state index contributed by atoms with van der Waals surface area (Å²) in [5.74, 6) is 0.296. The van der Waals surface area contributed by atoms with Crippen LogP contribution in [-0.4, -0.2) is 22.1 Å². The Balaban J connectivity index is 2.09. The molecule has 5 nitrogen and oxygen atoms in total. The molecule has 2 aromatic heterocycles. The molecular formula is C14H13ClN2O3S. The van der Waals surface area contributed by atoms with Gasteiger partial charge >= 0.3 is 5.97 Å². The van der Waals surface area contributed by atoms with Gasteiger partial charge in [-0.15, -0.1) is 11.3 Å². The van der Waals surface area contributed by atoms with Crippen molar-refractivity contribution in [3.05, 3.63) is 38.2 Å². The van der Waals surface area contributed by atoms with Crippen LogP contribution in [0.4, 0.5) is 0 Å². The lowest BCUT2D eigenvalue weighted by Gasteiger charge is -2.02. The Labute approximate surface area is 129 Å². The Morgan fingerprint density at radius 3 is 3.05 bits per heavy atom. The third-order valence-corrected chi connectivity index (χ3v) is 4.73. The minimum absolute atomic E-state index is 0.0447. The minimum atomic E-state index is -0.498. The lowest BCUT2D eigenvalue weighted by atomic mass is 10.2. The van der Waals surface area contributed by atoms with E-state index in [4.69, 9.17) is 16.3 Å². The highest BCUT2D eigenvalue weighted by Crippen LogP contribution is 2.29. The predicted molar refractivity (Wildman–Crippen MR) is 82.2 cm³/mol. The Morgan fingerprint density at radius 1 is 1.57 bits per heavy atom. The van der Waals surface area contributed by atoms with Crippen molar-refractivity contribution in [2.24, 2.45) is 0 Å². The van der Waals surface area contributed by atoms with Gasteiger partial charge in [-0.1, -0.05) is 18.2 Å². The van der Waals surface area contributed by atoms with Crippen LogP contribution in [0, 0.1) is 6.92 Å². The molecule has 0 atom stereocenters. The third-order valence-electron chi connectivity index (χ3n) is 3.46. The first kappa shape index (κ1) is 14.3. The lowest BCUT2D eigenvalue weighted by Crippen LogP contribution is -2.20. The molecular weight excluding hydrogens is 312 g/mol. The largest absolute Gasteiger partial charge is 0.456 e. The first-order valence-corrected chi connectivity index (χ1v) is 7.71. The van der Waals surface area contributed by atoms with Crippen LogP contribution >= 0.6 is 22.9 Å². The fourth-order valence-corrected chi connectivity index (χ4v) is 3.62. The number of carbonyl (C=O) groups excluding carboxylic acids is 1. The van der Waals surface area contributed by atoms with Gasteiger partial charge in [0.1, 0.15) is 22.1 Å². The van der Waals surface area contributed by atoms with Crippen molar-refractivity contribution in [3.8, 4) is 0 Å². The Bertz CT molecular complexity index is 822. The molecule has 0 saturated heterocycles. The fourth-order valence-electron chi connectivity index (χ4n) is 2.48. The molecule has 0 saturated carbocycles. The predicted octanol–water partition coefficient (Wildman–Crippen LogP) is 2.62. The number of carbonyl (C=O) groups is 1. The molecule has 1 aliphatic rings. The van der Waals surface area contributed by atoms with Gasteiger partial charge < -0.3 is 4.74 Å². The summed E-state index contributed by atoms with van der Waals surface area (Å²) in [5, 5.41) is 0.765. The number of halogens is 1. The third kappa shape index (κ3) is 2.38. The van der Waals surface area contributed by atoms with E-state index in [1.165, 1.54) is 11.3 Å². The second-order valence-corrected chi connectivity index (χ2v) is 6.45. The van der Waals surface area contributed by atoms with Gasteiger partial charge in [-0.2, -0.15) is 0 Å². The number of aryl methyl sites for hydroxylation is 2.